The first-order valence-corrected chi connectivity index (χ1v) is 14.8. The third-order valence-corrected chi connectivity index (χ3v) is 8.10. The molecule has 2 aliphatic rings. The van der Waals surface area contributed by atoms with Crippen LogP contribution in [0.25, 0.3) is 11.3 Å². The number of aromatic nitrogens is 1. The van der Waals surface area contributed by atoms with Gasteiger partial charge < -0.3 is 19.5 Å². The Kier molecular flexibility index (Phi) is 8.66. The fourth-order valence-electron chi connectivity index (χ4n) is 5.80. The number of carbonyl (C=O) groups is 1. The number of anilines is 2. The van der Waals surface area contributed by atoms with E-state index in [0.29, 0.717) is 37.2 Å². The number of carbonyl (C=O) groups excluding carboxylic acids is 1. The average Bonchev–Trinajstić information content (AvgIpc) is 3.05. The van der Waals surface area contributed by atoms with E-state index >= 15 is 0 Å². The van der Waals surface area contributed by atoms with Crippen LogP contribution in [0.3, 0.4) is 0 Å². The summed E-state index contributed by atoms with van der Waals surface area (Å²) in [6.07, 6.45) is 3.80. The van der Waals surface area contributed by atoms with Gasteiger partial charge in [-0.15, -0.1) is 0 Å². The number of benzene rings is 3. The maximum Gasteiger partial charge on any atom is 0.238 e. The maximum absolute atomic E-state index is 13.1. The molecule has 7 nitrogen and oxygen atoms in total. The molecule has 0 spiro atoms. The van der Waals surface area contributed by atoms with Gasteiger partial charge in [-0.2, -0.15) is 0 Å². The average molecular weight is 564 g/mol. The molecule has 0 aliphatic carbocycles. The van der Waals surface area contributed by atoms with E-state index in [4.69, 9.17) is 19.2 Å². The van der Waals surface area contributed by atoms with Gasteiger partial charge in [0.15, 0.2) is 17.3 Å². The lowest BCUT2D eigenvalue weighted by Crippen LogP contribution is -2.33. The molecule has 1 aromatic heterocycles. The van der Waals surface area contributed by atoms with Crippen molar-refractivity contribution in [3.05, 3.63) is 96.1 Å². The number of likely N-dealkylation sites (tertiary alicyclic amines) is 1. The van der Waals surface area contributed by atoms with Crippen molar-refractivity contribution in [3.8, 4) is 28.6 Å². The summed E-state index contributed by atoms with van der Waals surface area (Å²) in [5, 5.41) is 3.39. The Hall–Kier alpha value is -4.36. The third kappa shape index (κ3) is 6.58. The van der Waals surface area contributed by atoms with Crippen LogP contribution in [0.4, 0.5) is 11.4 Å². The molecule has 0 unspecified atom stereocenters. The number of fused-ring (bicyclic) bond motifs is 1. The van der Waals surface area contributed by atoms with Crippen molar-refractivity contribution < 1.29 is 19.0 Å². The second kappa shape index (κ2) is 13.1. The lowest BCUT2D eigenvalue weighted by molar-refractivity contribution is 0.0961. The van der Waals surface area contributed by atoms with Gasteiger partial charge in [-0.25, -0.2) is 4.98 Å². The van der Waals surface area contributed by atoms with Crippen molar-refractivity contribution in [2.75, 3.05) is 38.7 Å². The minimum atomic E-state index is 0.182. The Labute approximate surface area is 247 Å². The largest absolute Gasteiger partial charge is 0.486 e. The van der Waals surface area contributed by atoms with Crippen LogP contribution in [0, 0.1) is 5.92 Å². The van der Waals surface area contributed by atoms with E-state index < -0.39 is 0 Å². The van der Waals surface area contributed by atoms with Crippen molar-refractivity contribution >= 4 is 17.2 Å². The van der Waals surface area contributed by atoms with Crippen molar-refractivity contribution in [2.45, 2.75) is 32.2 Å². The van der Waals surface area contributed by atoms with Crippen LogP contribution < -0.4 is 19.5 Å². The number of ketones is 1. The van der Waals surface area contributed by atoms with Gasteiger partial charge in [0.25, 0.3) is 0 Å². The molecule has 7 heteroatoms. The summed E-state index contributed by atoms with van der Waals surface area (Å²) in [6, 6.07) is 28.0. The molecule has 3 heterocycles. The van der Waals surface area contributed by atoms with Crippen LogP contribution in [-0.2, 0) is 6.54 Å². The summed E-state index contributed by atoms with van der Waals surface area (Å²) in [7, 11) is 1.60. The minimum Gasteiger partial charge on any atom is -0.486 e. The number of rotatable bonds is 10. The molecule has 0 bridgehead atoms. The van der Waals surface area contributed by atoms with Gasteiger partial charge >= 0.3 is 0 Å². The van der Waals surface area contributed by atoms with Crippen LogP contribution in [0.2, 0.25) is 0 Å². The monoisotopic (exact) mass is 563 g/mol. The van der Waals surface area contributed by atoms with Crippen LogP contribution in [0.15, 0.2) is 84.9 Å². The number of methoxy groups -OCH3 is 1. The highest BCUT2D eigenvalue weighted by atomic mass is 16.6. The number of piperidine rings is 1. The van der Waals surface area contributed by atoms with E-state index in [1.807, 2.05) is 54.6 Å². The third-order valence-electron chi connectivity index (χ3n) is 8.10. The fourth-order valence-corrected chi connectivity index (χ4v) is 5.80. The predicted molar refractivity (Wildman–Crippen MR) is 165 cm³/mol. The molecule has 6 rings (SSSR count). The van der Waals surface area contributed by atoms with Gasteiger partial charge in [0, 0.05) is 29.8 Å². The van der Waals surface area contributed by atoms with Gasteiger partial charge in [-0.05, 0) is 80.2 Å². The Morgan fingerprint density at radius 3 is 2.60 bits per heavy atom. The van der Waals surface area contributed by atoms with Crippen LogP contribution in [0.1, 0.15) is 41.6 Å². The number of Topliss-reactive ketones (excluding diaryl/α,β-unsaturated/α-hetero) is 1. The summed E-state index contributed by atoms with van der Waals surface area (Å²) >= 11 is 0. The van der Waals surface area contributed by atoms with E-state index in [-0.39, 0.29) is 5.78 Å². The predicted octanol–water partition coefficient (Wildman–Crippen LogP) is 7.15. The number of hydrogen-bond acceptors (Lipinski definition) is 7. The Balaban J connectivity index is 1.06. The molecule has 3 aromatic carbocycles. The van der Waals surface area contributed by atoms with Crippen molar-refractivity contribution in [1.82, 2.24) is 9.88 Å². The molecule has 0 saturated carbocycles. The smallest absolute Gasteiger partial charge is 0.238 e. The molecule has 1 N–H and O–H groups in total. The topological polar surface area (TPSA) is 72.9 Å². The molecule has 1 fully saturated rings. The van der Waals surface area contributed by atoms with Crippen molar-refractivity contribution in [2.24, 2.45) is 5.92 Å². The molecular formula is C35H37N3O4. The lowest BCUT2D eigenvalue weighted by Gasteiger charge is -2.32. The highest BCUT2D eigenvalue weighted by molar-refractivity contribution is 5.97. The first-order valence-electron chi connectivity index (χ1n) is 14.8. The summed E-state index contributed by atoms with van der Waals surface area (Å²) in [4.78, 5) is 20.4. The van der Waals surface area contributed by atoms with E-state index in [1.165, 1.54) is 5.56 Å². The number of nitrogens with one attached hydrogen (secondary N) is 1. The van der Waals surface area contributed by atoms with Crippen LogP contribution in [0.5, 0.6) is 17.4 Å². The molecule has 0 amide bonds. The second-order valence-corrected chi connectivity index (χ2v) is 11.0. The van der Waals surface area contributed by atoms with E-state index in [1.54, 1.807) is 7.11 Å². The van der Waals surface area contributed by atoms with Gasteiger partial charge in [0.2, 0.25) is 5.88 Å². The number of para-hydroxylation sites is 1. The summed E-state index contributed by atoms with van der Waals surface area (Å²) in [5.41, 5.74) is 5.20. The van der Waals surface area contributed by atoms with E-state index in [2.05, 4.69) is 40.5 Å². The maximum atomic E-state index is 13.1. The standard InChI is InChI=1S/C35H37N3O4/c1-40-35-31(15-14-30(37-35)29-11-6-12-33-34(29)42-22-21-41-33)36-28-10-5-9-27(23-28)32(39)16-13-25-17-19-38(20-18-25)24-26-7-3-2-4-8-26/h2-12,14-15,23,25,36H,13,16-22,24H2,1H3. The first kappa shape index (κ1) is 27.8. The van der Waals surface area contributed by atoms with Gasteiger partial charge in [0.05, 0.1) is 12.8 Å². The highest BCUT2D eigenvalue weighted by Crippen LogP contribution is 2.40. The molecular weight excluding hydrogens is 526 g/mol. The molecule has 42 heavy (non-hydrogen) atoms. The zero-order valence-corrected chi connectivity index (χ0v) is 24.1. The summed E-state index contributed by atoms with van der Waals surface area (Å²) < 4.78 is 17.2. The summed E-state index contributed by atoms with van der Waals surface area (Å²) in [6.45, 7) is 4.23. The van der Waals surface area contributed by atoms with Crippen LogP contribution in [-0.4, -0.2) is 49.1 Å². The molecule has 1 saturated heterocycles. The van der Waals surface area contributed by atoms with Crippen LogP contribution >= 0.6 is 0 Å². The normalized spacial score (nSPS) is 15.3. The molecule has 216 valence electrons. The molecule has 2 aliphatic heterocycles. The number of ether oxygens (including phenoxy) is 3. The fraction of sp³-hybridized carbons (Fsp3) is 0.314. The van der Waals surface area contributed by atoms with Gasteiger partial charge in [-0.1, -0.05) is 48.5 Å². The Morgan fingerprint density at radius 2 is 1.76 bits per heavy atom. The Bertz CT molecular complexity index is 1520. The SMILES string of the molecule is COc1nc(-c2cccc3c2OCCO3)ccc1Nc1cccc(C(=O)CCC2CCN(Cc3ccccc3)CC2)c1. The van der Waals surface area contributed by atoms with Crippen molar-refractivity contribution in [1.29, 1.82) is 0 Å². The molecule has 0 radical (unpaired) electrons. The quantitative estimate of drug-likeness (QED) is 0.206. The number of nitrogens with zero attached hydrogens (tertiary/aromatic N) is 2. The van der Waals surface area contributed by atoms with Gasteiger partial charge in [-0.3, -0.25) is 9.69 Å². The number of pyridine rings is 1. The Morgan fingerprint density at radius 1 is 0.952 bits per heavy atom. The lowest BCUT2D eigenvalue weighted by atomic mass is 9.90. The zero-order valence-electron chi connectivity index (χ0n) is 24.1. The molecule has 4 aromatic rings. The summed E-state index contributed by atoms with van der Waals surface area (Å²) in [5.74, 6) is 2.65. The zero-order chi connectivity index (χ0) is 28.7. The second-order valence-electron chi connectivity index (χ2n) is 11.0. The molecule has 0 atom stereocenters. The minimum absolute atomic E-state index is 0.182. The van der Waals surface area contributed by atoms with E-state index in [9.17, 15) is 4.79 Å². The van der Waals surface area contributed by atoms with Crippen molar-refractivity contribution in [3.63, 3.8) is 0 Å². The first-order chi connectivity index (χ1) is 20.7. The highest BCUT2D eigenvalue weighted by Gasteiger charge is 2.21. The number of hydrogen-bond donors (Lipinski definition) is 1. The van der Waals surface area contributed by atoms with Gasteiger partial charge in [0.1, 0.15) is 18.9 Å². The van der Waals surface area contributed by atoms with E-state index in [0.717, 1.165) is 72.8 Å².